The molecule has 1 aliphatic rings. The molecule has 192 valence electrons. The maximum Gasteiger partial charge on any atom is 0.127 e. The van der Waals surface area contributed by atoms with Crippen molar-refractivity contribution in [3.05, 3.63) is 77.6 Å². The summed E-state index contributed by atoms with van der Waals surface area (Å²) < 4.78 is 20.3. The molecule has 0 bridgehead atoms. The van der Waals surface area contributed by atoms with Crippen molar-refractivity contribution < 1.29 is 9.13 Å². The first kappa shape index (κ1) is 26.4. The highest BCUT2D eigenvalue weighted by molar-refractivity contribution is 5.78. The highest BCUT2D eigenvalue weighted by atomic mass is 19.1. The first-order chi connectivity index (χ1) is 17.1. The molecule has 0 unspecified atom stereocenters. The highest BCUT2D eigenvalue weighted by Crippen LogP contribution is 2.47. The van der Waals surface area contributed by atoms with E-state index >= 15 is 0 Å². The maximum atomic E-state index is 14.0. The molecule has 0 saturated heterocycles. The largest absolute Gasteiger partial charge is 0.493 e. The lowest BCUT2D eigenvalue weighted by Gasteiger charge is -2.42. The van der Waals surface area contributed by atoms with Crippen molar-refractivity contribution in [3.63, 3.8) is 0 Å². The molecule has 2 nitrogen and oxygen atoms in total. The van der Waals surface area contributed by atoms with Crippen LogP contribution in [0.3, 0.4) is 0 Å². The Morgan fingerprint density at radius 1 is 0.806 bits per heavy atom. The highest BCUT2D eigenvalue weighted by Gasteiger charge is 2.37. The van der Waals surface area contributed by atoms with Crippen molar-refractivity contribution in [3.8, 4) is 28.0 Å². The number of fused-ring (bicyclic) bond motifs is 1. The Hall–Kier alpha value is -2.65. The summed E-state index contributed by atoms with van der Waals surface area (Å²) in [5.41, 5.74) is 7.29. The number of ether oxygens (including phenoxy) is 1. The minimum atomic E-state index is -0.220. The van der Waals surface area contributed by atoms with E-state index < -0.39 is 0 Å². The van der Waals surface area contributed by atoms with Crippen molar-refractivity contribution in [1.29, 1.82) is 0 Å². The van der Waals surface area contributed by atoms with Crippen molar-refractivity contribution in [2.75, 3.05) is 13.2 Å². The minimum Gasteiger partial charge on any atom is -0.493 e. The lowest BCUT2D eigenvalue weighted by molar-refractivity contribution is 0.306. The van der Waals surface area contributed by atoms with Gasteiger partial charge in [-0.1, -0.05) is 77.9 Å². The zero-order valence-corrected chi connectivity index (χ0v) is 22.9. The van der Waals surface area contributed by atoms with Gasteiger partial charge in [-0.2, -0.15) is 0 Å². The summed E-state index contributed by atoms with van der Waals surface area (Å²) in [7, 11) is 0. The molecule has 1 N–H and O–H groups in total. The van der Waals surface area contributed by atoms with E-state index in [1.54, 1.807) is 12.1 Å². The quantitative estimate of drug-likeness (QED) is 0.305. The fraction of sp³-hybridized carbons (Fsp3) is 0.455. The molecule has 0 atom stereocenters. The summed E-state index contributed by atoms with van der Waals surface area (Å²) in [6.45, 7) is 15.4. The first-order valence-electron chi connectivity index (χ1n) is 13.5. The summed E-state index contributed by atoms with van der Waals surface area (Å²) in [6, 6.07) is 20.5. The van der Waals surface area contributed by atoms with E-state index in [9.17, 15) is 4.39 Å². The van der Waals surface area contributed by atoms with Crippen LogP contribution in [0.2, 0.25) is 0 Å². The van der Waals surface area contributed by atoms with E-state index in [1.165, 1.54) is 30.0 Å². The van der Waals surface area contributed by atoms with Crippen molar-refractivity contribution in [2.24, 2.45) is 0 Å². The third kappa shape index (κ3) is 6.00. The Kier molecular flexibility index (Phi) is 7.90. The van der Waals surface area contributed by atoms with Crippen LogP contribution in [0.4, 0.5) is 4.39 Å². The zero-order chi connectivity index (χ0) is 25.9. The Labute approximate surface area is 217 Å². The van der Waals surface area contributed by atoms with Crippen LogP contribution < -0.4 is 10.1 Å². The number of hydrogen-bond acceptors (Lipinski definition) is 2. The van der Waals surface area contributed by atoms with E-state index in [2.05, 4.69) is 77.2 Å². The molecule has 3 aromatic rings. The second kappa shape index (κ2) is 10.8. The summed E-state index contributed by atoms with van der Waals surface area (Å²) in [4.78, 5) is 0. The second-order valence-corrected chi connectivity index (χ2v) is 11.9. The van der Waals surface area contributed by atoms with Crippen molar-refractivity contribution in [1.82, 2.24) is 5.32 Å². The molecule has 0 spiro atoms. The zero-order valence-electron chi connectivity index (χ0n) is 22.9. The molecule has 36 heavy (non-hydrogen) atoms. The molecule has 0 amide bonds. The van der Waals surface area contributed by atoms with Gasteiger partial charge < -0.3 is 10.1 Å². The fourth-order valence-corrected chi connectivity index (χ4v) is 5.29. The molecule has 4 rings (SSSR count). The SMILES string of the molecule is CC(C)NCCCCOc1ccc(-c2cccc(F)c2)cc1-c1ccc2c(c1)C(C)(C)CCC2(C)C. The lowest BCUT2D eigenvalue weighted by Crippen LogP contribution is -2.33. The van der Waals surface area contributed by atoms with Gasteiger partial charge in [0.2, 0.25) is 0 Å². The van der Waals surface area contributed by atoms with Crippen molar-refractivity contribution in [2.45, 2.75) is 84.1 Å². The summed E-state index contributed by atoms with van der Waals surface area (Å²) >= 11 is 0. The number of benzene rings is 3. The summed E-state index contributed by atoms with van der Waals surface area (Å²) in [6.07, 6.45) is 4.45. The Morgan fingerprint density at radius 3 is 2.22 bits per heavy atom. The van der Waals surface area contributed by atoms with Crippen LogP contribution in [0.25, 0.3) is 22.3 Å². The number of nitrogens with one attached hydrogen (secondary N) is 1. The molecular formula is C33H42FNO. The molecule has 3 aromatic carbocycles. The van der Waals surface area contributed by atoms with Crippen LogP contribution in [-0.2, 0) is 10.8 Å². The standard InChI is InChI=1S/C33H42FNO/c1-23(2)35-18-7-8-19-36-31-15-13-25(24-10-9-11-27(34)20-24)21-28(31)26-12-14-29-30(22-26)33(5,6)17-16-32(29,3)4/h9-15,20-23,35H,7-8,16-19H2,1-6H3. The second-order valence-electron chi connectivity index (χ2n) is 11.9. The van der Waals surface area contributed by atoms with Gasteiger partial charge in [-0.15, -0.1) is 0 Å². The third-order valence-electron chi connectivity index (χ3n) is 7.68. The minimum absolute atomic E-state index is 0.130. The average molecular weight is 488 g/mol. The van der Waals surface area contributed by atoms with E-state index in [0.29, 0.717) is 12.6 Å². The van der Waals surface area contributed by atoms with Gasteiger partial charge in [0, 0.05) is 11.6 Å². The van der Waals surface area contributed by atoms with E-state index in [-0.39, 0.29) is 16.6 Å². The predicted molar refractivity (Wildman–Crippen MR) is 150 cm³/mol. The van der Waals surface area contributed by atoms with E-state index in [0.717, 1.165) is 47.4 Å². The third-order valence-corrected chi connectivity index (χ3v) is 7.68. The normalized spacial score (nSPS) is 16.1. The van der Waals surface area contributed by atoms with Gasteiger partial charge >= 0.3 is 0 Å². The molecule has 0 fully saturated rings. The molecule has 0 heterocycles. The average Bonchev–Trinajstić information content (AvgIpc) is 2.84. The molecular weight excluding hydrogens is 445 g/mol. The van der Waals surface area contributed by atoms with Gasteiger partial charge in [0.25, 0.3) is 0 Å². The van der Waals surface area contributed by atoms with Crippen LogP contribution in [0.1, 0.15) is 78.4 Å². The topological polar surface area (TPSA) is 21.3 Å². The summed E-state index contributed by atoms with van der Waals surface area (Å²) in [5, 5.41) is 3.47. The number of unbranched alkanes of at least 4 members (excludes halogenated alkanes) is 1. The number of hydrogen-bond donors (Lipinski definition) is 1. The van der Waals surface area contributed by atoms with Crippen LogP contribution >= 0.6 is 0 Å². The van der Waals surface area contributed by atoms with Gasteiger partial charge in [-0.3, -0.25) is 0 Å². The Bertz CT molecular complexity index is 1190. The van der Waals surface area contributed by atoms with Crippen LogP contribution in [0.15, 0.2) is 60.7 Å². The van der Waals surface area contributed by atoms with Gasteiger partial charge in [0.05, 0.1) is 6.61 Å². The number of rotatable bonds is 9. The monoisotopic (exact) mass is 487 g/mol. The van der Waals surface area contributed by atoms with Gasteiger partial charge in [-0.25, -0.2) is 4.39 Å². The predicted octanol–water partition coefficient (Wildman–Crippen LogP) is 8.67. The van der Waals surface area contributed by atoms with Crippen LogP contribution in [-0.4, -0.2) is 19.2 Å². The summed E-state index contributed by atoms with van der Waals surface area (Å²) in [5.74, 6) is 0.668. The van der Waals surface area contributed by atoms with E-state index in [4.69, 9.17) is 4.74 Å². The Morgan fingerprint density at radius 2 is 1.50 bits per heavy atom. The molecule has 0 saturated carbocycles. The van der Waals surface area contributed by atoms with Gasteiger partial charge in [-0.05, 0) is 95.1 Å². The molecule has 0 aromatic heterocycles. The fourth-order valence-electron chi connectivity index (χ4n) is 5.29. The molecule has 1 aliphatic carbocycles. The molecule has 0 aliphatic heterocycles. The van der Waals surface area contributed by atoms with Crippen LogP contribution in [0.5, 0.6) is 5.75 Å². The molecule has 3 heteroatoms. The van der Waals surface area contributed by atoms with E-state index in [1.807, 2.05) is 12.1 Å². The molecule has 0 radical (unpaired) electrons. The smallest absolute Gasteiger partial charge is 0.127 e. The Balaban J connectivity index is 1.69. The maximum absolute atomic E-state index is 14.0. The van der Waals surface area contributed by atoms with Crippen molar-refractivity contribution >= 4 is 0 Å². The lowest BCUT2D eigenvalue weighted by atomic mass is 9.63. The van der Waals surface area contributed by atoms with Gasteiger partial charge in [0.15, 0.2) is 0 Å². The number of halogens is 1. The first-order valence-corrected chi connectivity index (χ1v) is 13.5. The van der Waals surface area contributed by atoms with Gasteiger partial charge in [0.1, 0.15) is 11.6 Å². The van der Waals surface area contributed by atoms with Crippen LogP contribution in [0, 0.1) is 5.82 Å².